The Kier molecular flexibility index (Phi) is 1.73. The fourth-order valence-corrected chi connectivity index (χ4v) is 1.49. The molecule has 0 radical (unpaired) electrons. The van der Waals surface area contributed by atoms with Crippen LogP contribution in [0, 0.1) is 0 Å². The molecule has 0 aliphatic carbocycles. The van der Waals surface area contributed by atoms with Crippen molar-refractivity contribution in [1.82, 2.24) is 14.6 Å². The summed E-state index contributed by atoms with van der Waals surface area (Å²) in [5.74, 6) is 0.550. The van der Waals surface area contributed by atoms with Gasteiger partial charge in [-0.25, -0.2) is 9.50 Å². The summed E-state index contributed by atoms with van der Waals surface area (Å²) in [5.41, 5.74) is 0.759. The van der Waals surface area contributed by atoms with E-state index < -0.39 is 0 Å². The monoisotopic (exact) mass is 227 g/mol. The Hall–Kier alpha value is -1.10. The maximum absolute atomic E-state index is 5.01. The van der Waals surface area contributed by atoms with Crippen molar-refractivity contribution in [3.05, 3.63) is 22.9 Å². The summed E-state index contributed by atoms with van der Waals surface area (Å²) in [5, 5.41) is 4.12. The molecule has 0 aliphatic rings. The highest BCUT2D eigenvalue weighted by Gasteiger charge is 2.09. The van der Waals surface area contributed by atoms with Crippen LogP contribution in [0.25, 0.3) is 5.65 Å². The van der Waals surface area contributed by atoms with E-state index in [0.29, 0.717) is 5.88 Å². The maximum Gasteiger partial charge on any atom is 0.249 e. The van der Waals surface area contributed by atoms with Gasteiger partial charge in [0.05, 0.1) is 7.11 Å². The second-order valence-electron chi connectivity index (χ2n) is 2.21. The third kappa shape index (κ3) is 0.972. The molecular formula is C7H6BrN3O. The van der Waals surface area contributed by atoms with Gasteiger partial charge < -0.3 is 4.74 Å². The van der Waals surface area contributed by atoms with Gasteiger partial charge in [-0.15, -0.1) is 5.10 Å². The van der Waals surface area contributed by atoms with Crippen molar-refractivity contribution >= 4 is 21.6 Å². The highest BCUT2D eigenvalue weighted by Crippen LogP contribution is 2.26. The molecule has 0 spiro atoms. The van der Waals surface area contributed by atoms with Crippen LogP contribution in [0.15, 0.2) is 22.9 Å². The Balaban J connectivity index is 2.78. The first kappa shape index (κ1) is 7.54. The van der Waals surface area contributed by atoms with E-state index in [1.54, 1.807) is 17.8 Å². The normalized spacial score (nSPS) is 10.5. The predicted octanol–water partition coefficient (Wildman–Crippen LogP) is 1.50. The van der Waals surface area contributed by atoms with Crippen LogP contribution < -0.4 is 4.74 Å². The van der Waals surface area contributed by atoms with Gasteiger partial charge in [0.15, 0.2) is 5.65 Å². The number of hydrogen-bond donors (Lipinski definition) is 0. The molecule has 2 aromatic rings. The van der Waals surface area contributed by atoms with Crippen LogP contribution in [0.1, 0.15) is 0 Å². The van der Waals surface area contributed by atoms with Gasteiger partial charge in [-0.2, -0.15) is 0 Å². The van der Waals surface area contributed by atoms with Crippen molar-refractivity contribution in [2.24, 2.45) is 0 Å². The zero-order valence-corrected chi connectivity index (χ0v) is 7.95. The summed E-state index contributed by atoms with van der Waals surface area (Å²) in [7, 11) is 1.58. The van der Waals surface area contributed by atoms with E-state index in [4.69, 9.17) is 4.74 Å². The molecule has 0 saturated carbocycles. The molecular weight excluding hydrogens is 222 g/mol. The van der Waals surface area contributed by atoms with Crippen LogP contribution in [-0.2, 0) is 0 Å². The largest absolute Gasteiger partial charge is 0.479 e. The lowest BCUT2D eigenvalue weighted by molar-refractivity contribution is 0.393. The summed E-state index contributed by atoms with van der Waals surface area (Å²) in [6, 6.07) is 1.81. The molecule has 0 N–H and O–H groups in total. The van der Waals surface area contributed by atoms with Crippen LogP contribution in [-0.4, -0.2) is 21.7 Å². The van der Waals surface area contributed by atoms with Gasteiger partial charge >= 0.3 is 0 Å². The van der Waals surface area contributed by atoms with Crippen LogP contribution in [0.2, 0.25) is 0 Å². The smallest absolute Gasteiger partial charge is 0.249 e. The summed E-state index contributed by atoms with van der Waals surface area (Å²) in [4.78, 5) is 4.12. The minimum Gasteiger partial charge on any atom is -0.479 e. The van der Waals surface area contributed by atoms with E-state index in [2.05, 4.69) is 26.0 Å². The molecule has 12 heavy (non-hydrogen) atoms. The fraction of sp³-hybridized carbons (Fsp3) is 0.143. The highest BCUT2D eigenvalue weighted by atomic mass is 79.9. The second kappa shape index (κ2) is 2.75. The van der Waals surface area contributed by atoms with E-state index in [0.717, 1.165) is 10.1 Å². The highest BCUT2D eigenvalue weighted by molar-refractivity contribution is 9.10. The molecule has 0 fully saturated rings. The minimum absolute atomic E-state index is 0.550. The minimum atomic E-state index is 0.550. The topological polar surface area (TPSA) is 39.4 Å². The zero-order chi connectivity index (χ0) is 8.55. The van der Waals surface area contributed by atoms with Gasteiger partial charge in [0, 0.05) is 12.4 Å². The quantitative estimate of drug-likeness (QED) is 0.742. The molecule has 0 aliphatic heterocycles. The molecule has 0 atom stereocenters. The lowest BCUT2D eigenvalue weighted by Crippen LogP contribution is -1.87. The van der Waals surface area contributed by atoms with Gasteiger partial charge in [0.2, 0.25) is 5.88 Å². The Morgan fingerprint density at radius 3 is 3.08 bits per heavy atom. The standard InChI is InChI=1S/C7H6BrN3O/c1-12-7-5(8)6-9-3-2-4-11(6)10-7/h2-4H,1H3. The Morgan fingerprint density at radius 2 is 2.42 bits per heavy atom. The van der Waals surface area contributed by atoms with Gasteiger partial charge in [-0.3, -0.25) is 0 Å². The number of methoxy groups -OCH3 is 1. The SMILES string of the molecule is COc1nn2cccnc2c1Br. The average Bonchev–Trinajstić information content (AvgIpc) is 2.44. The van der Waals surface area contributed by atoms with Crippen LogP contribution >= 0.6 is 15.9 Å². The van der Waals surface area contributed by atoms with Crippen molar-refractivity contribution < 1.29 is 4.74 Å². The first-order valence-electron chi connectivity index (χ1n) is 3.36. The molecule has 0 amide bonds. The third-order valence-electron chi connectivity index (χ3n) is 1.50. The second-order valence-corrected chi connectivity index (χ2v) is 3.00. The van der Waals surface area contributed by atoms with Crippen molar-refractivity contribution in [2.45, 2.75) is 0 Å². The first-order valence-corrected chi connectivity index (χ1v) is 4.15. The number of fused-ring (bicyclic) bond motifs is 1. The molecule has 5 heteroatoms. The van der Waals surface area contributed by atoms with E-state index in [9.17, 15) is 0 Å². The molecule has 2 aromatic heterocycles. The molecule has 2 heterocycles. The number of hydrogen-bond acceptors (Lipinski definition) is 3. The molecule has 0 saturated heterocycles. The van der Waals surface area contributed by atoms with E-state index >= 15 is 0 Å². The predicted molar refractivity (Wildman–Crippen MR) is 47.2 cm³/mol. The molecule has 62 valence electrons. The van der Waals surface area contributed by atoms with Gasteiger partial charge in [-0.05, 0) is 22.0 Å². The Morgan fingerprint density at radius 1 is 1.58 bits per heavy atom. The van der Waals surface area contributed by atoms with Gasteiger partial charge in [0.25, 0.3) is 0 Å². The van der Waals surface area contributed by atoms with Crippen molar-refractivity contribution in [3.63, 3.8) is 0 Å². The van der Waals surface area contributed by atoms with E-state index in [1.807, 2.05) is 12.3 Å². The summed E-state index contributed by atoms with van der Waals surface area (Å²) >= 11 is 3.34. The molecule has 0 aromatic carbocycles. The van der Waals surface area contributed by atoms with E-state index in [-0.39, 0.29) is 0 Å². The van der Waals surface area contributed by atoms with Gasteiger partial charge in [-0.1, -0.05) is 0 Å². The van der Waals surface area contributed by atoms with Crippen LogP contribution in [0.5, 0.6) is 5.88 Å². The number of ether oxygens (including phenoxy) is 1. The van der Waals surface area contributed by atoms with Crippen molar-refractivity contribution in [3.8, 4) is 5.88 Å². The maximum atomic E-state index is 5.01. The van der Waals surface area contributed by atoms with Crippen LogP contribution in [0.3, 0.4) is 0 Å². The number of rotatable bonds is 1. The molecule has 4 nitrogen and oxygen atoms in total. The third-order valence-corrected chi connectivity index (χ3v) is 2.20. The average molecular weight is 228 g/mol. The summed E-state index contributed by atoms with van der Waals surface area (Å²) in [6.45, 7) is 0. The number of halogens is 1. The first-order chi connectivity index (χ1) is 5.83. The molecule has 0 unspecified atom stereocenters. The number of aromatic nitrogens is 3. The molecule has 2 rings (SSSR count). The lowest BCUT2D eigenvalue weighted by atomic mass is 10.6. The lowest BCUT2D eigenvalue weighted by Gasteiger charge is -1.89. The van der Waals surface area contributed by atoms with Crippen molar-refractivity contribution in [2.75, 3.05) is 7.11 Å². The Labute approximate surface area is 77.3 Å². The number of nitrogens with zero attached hydrogens (tertiary/aromatic N) is 3. The zero-order valence-electron chi connectivity index (χ0n) is 6.36. The van der Waals surface area contributed by atoms with Crippen molar-refractivity contribution in [1.29, 1.82) is 0 Å². The Bertz CT molecular complexity index is 412. The van der Waals surface area contributed by atoms with Gasteiger partial charge in [0.1, 0.15) is 4.47 Å². The van der Waals surface area contributed by atoms with E-state index in [1.165, 1.54) is 0 Å². The summed E-state index contributed by atoms with van der Waals surface area (Å²) < 4.78 is 7.45. The fourth-order valence-electron chi connectivity index (χ4n) is 0.969. The summed E-state index contributed by atoms with van der Waals surface area (Å²) in [6.07, 6.45) is 3.52. The molecule has 0 bridgehead atoms. The van der Waals surface area contributed by atoms with Crippen LogP contribution in [0.4, 0.5) is 0 Å².